The van der Waals surface area contributed by atoms with Gasteiger partial charge in [0.2, 0.25) is 0 Å². The van der Waals surface area contributed by atoms with E-state index in [4.69, 9.17) is 0 Å². The molecular weight excluding hydrogens is 300 g/mol. The monoisotopic (exact) mass is 328 g/mol. The SMILES string of the molecule is Cc1nc2ccc(C(=O)NCCCN3C[C@@H](C)C[C@H](C)C3)cc2[nH]1. The molecule has 0 spiro atoms. The Labute approximate surface area is 143 Å². The molecule has 5 nitrogen and oxygen atoms in total. The van der Waals surface area contributed by atoms with E-state index in [9.17, 15) is 4.79 Å². The molecule has 1 aromatic carbocycles. The third-order valence-electron chi connectivity index (χ3n) is 4.74. The van der Waals surface area contributed by atoms with Gasteiger partial charge in [-0.25, -0.2) is 4.98 Å². The van der Waals surface area contributed by atoms with Crippen molar-refractivity contribution >= 4 is 16.9 Å². The van der Waals surface area contributed by atoms with Gasteiger partial charge < -0.3 is 15.2 Å². The molecule has 0 aliphatic carbocycles. The van der Waals surface area contributed by atoms with E-state index in [2.05, 4.69) is 34.0 Å². The second kappa shape index (κ2) is 7.34. The second-order valence-electron chi connectivity index (χ2n) is 7.37. The number of nitrogens with zero attached hydrogens (tertiary/aromatic N) is 2. The molecule has 3 rings (SSSR count). The first-order valence-corrected chi connectivity index (χ1v) is 8.98. The van der Waals surface area contributed by atoms with Crippen LogP contribution in [0.4, 0.5) is 0 Å². The van der Waals surface area contributed by atoms with Crippen molar-refractivity contribution in [3.63, 3.8) is 0 Å². The number of imidazole rings is 1. The number of aromatic amines is 1. The van der Waals surface area contributed by atoms with Crippen molar-refractivity contribution in [3.05, 3.63) is 29.6 Å². The number of aryl methyl sites for hydroxylation is 1. The summed E-state index contributed by atoms with van der Waals surface area (Å²) in [5.74, 6) is 2.43. The van der Waals surface area contributed by atoms with Gasteiger partial charge in [-0.3, -0.25) is 4.79 Å². The van der Waals surface area contributed by atoms with Crippen molar-refractivity contribution in [2.75, 3.05) is 26.2 Å². The molecule has 0 bridgehead atoms. The predicted octanol–water partition coefficient (Wildman–Crippen LogP) is 2.97. The maximum Gasteiger partial charge on any atom is 0.251 e. The van der Waals surface area contributed by atoms with Gasteiger partial charge in [0.25, 0.3) is 5.91 Å². The molecule has 1 fully saturated rings. The Bertz CT molecular complexity index is 698. The molecule has 0 radical (unpaired) electrons. The first-order chi connectivity index (χ1) is 11.5. The normalized spacial score (nSPS) is 22.0. The van der Waals surface area contributed by atoms with Crippen molar-refractivity contribution in [1.29, 1.82) is 0 Å². The molecule has 5 heteroatoms. The Balaban J connectivity index is 1.46. The Morgan fingerprint density at radius 2 is 2.08 bits per heavy atom. The molecule has 130 valence electrons. The predicted molar refractivity (Wildman–Crippen MR) is 97.2 cm³/mol. The molecule has 1 amide bonds. The van der Waals surface area contributed by atoms with Crippen LogP contribution in [0.25, 0.3) is 11.0 Å². The van der Waals surface area contributed by atoms with Crippen LogP contribution in [0.1, 0.15) is 42.9 Å². The van der Waals surface area contributed by atoms with Crippen LogP contribution in [0.2, 0.25) is 0 Å². The fourth-order valence-electron chi connectivity index (χ4n) is 3.86. The van der Waals surface area contributed by atoms with Crippen LogP contribution in [0.15, 0.2) is 18.2 Å². The highest BCUT2D eigenvalue weighted by Crippen LogP contribution is 2.20. The van der Waals surface area contributed by atoms with Gasteiger partial charge in [-0.05, 0) is 56.3 Å². The van der Waals surface area contributed by atoms with E-state index in [1.165, 1.54) is 19.5 Å². The Kier molecular flexibility index (Phi) is 5.19. The molecule has 24 heavy (non-hydrogen) atoms. The lowest BCUT2D eigenvalue weighted by Gasteiger charge is -2.34. The van der Waals surface area contributed by atoms with Gasteiger partial charge >= 0.3 is 0 Å². The third-order valence-corrected chi connectivity index (χ3v) is 4.74. The van der Waals surface area contributed by atoms with Crippen LogP contribution in [0.3, 0.4) is 0 Å². The van der Waals surface area contributed by atoms with Gasteiger partial charge in [-0.1, -0.05) is 13.8 Å². The number of aromatic nitrogens is 2. The number of nitrogens with one attached hydrogen (secondary N) is 2. The van der Waals surface area contributed by atoms with E-state index in [0.717, 1.165) is 48.2 Å². The highest BCUT2D eigenvalue weighted by Gasteiger charge is 2.21. The minimum Gasteiger partial charge on any atom is -0.352 e. The summed E-state index contributed by atoms with van der Waals surface area (Å²) in [6.07, 6.45) is 2.33. The zero-order valence-electron chi connectivity index (χ0n) is 14.9. The number of fused-ring (bicyclic) bond motifs is 1. The van der Waals surface area contributed by atoms with Crippen LogP contribution >= 0.6 is 0 Å². The number of carbonyl (C=O) groups is 1. The zero-order chi connectivity index (χ0) is 17.1. The van der Waals surface area contributed by atoms with Gasteiger partial charge in [0, 0.05) is 25.2 Å². The summed E-state index contributed by atoms with van der Waals surface area (Å²) in [7, 11) is 0. The van der Waals surface area contributed by atoms with E-state index in [-0.39, 0.29) is 5.91 Å². The number of amides is 1. The van der Waals surface area contributed by atoms with Crippen molar-refractivity contribution in [1.82, 2.24) is 20.2 Å². The van der Waals surface area contributed by atoms with Crippen molar-refractivity contribution in [2.24, 2.45) is 11.8 Å². The Hall–Kier alpha value is -1.88. The van der Waals surface area contributed by atoms with Gasteiger partial charge in [0.15, 0.2) is 0 Å². The van der Waals surface area contributed by atoms with Crippen LogP contribution in [0, 0.1) is 18.8 Å². The maximum absolute atomic E-state index is 12.3. The number of piperidine rings is 1. The van der Waals surface area contributed by atoms with Crippen molar-refractivity contribution in [2.45, 2.75) is 33.6 Å². The number of carbonyl (C=O) groups excluding carboxylic acids is 1. The van der Waals surface area contributed by atoms with Crippen LogP contribution in [-0.2, 0) is 0 Å². The van der Waals surface area contributed by atoms with E-state index in [1.807, 2.05) is 25.1 Å². The lowest BCUT2D eigenvalue weighted by atomic mass is 9.92. The van der Waals surface area contributed by atoms with Crippen molar-refractivity contribution in [3.8, 4) is 0 Å². The standard InChI is InChI=1S/C19H28N4O/c1-13-9-14(2)12-23(11-13)8-4-7-20-19(24)16-5-6-17-18(10-16)22-15(3)21-17/h5-6,10,13-14H,4,7-9,11-12H2,1-3H3,(H,20,24)(H,21,22)/t13-,14-/m0/s1. The van der Waals surface area contributed by atoms with Gasteiger partial charge in [-0.2, -0.15) is 0 Å². The Morgan fingerprint density at radius 3 is 2.83 bits per heavy atom. The zero-order valence-corrected chi connectivity index (χ0v) is 14.9. The molecule has 1 aliphatic heterocycles. The minimum atomic E-state index is -0.00969. The summed E-state index contributed by atoms with van der Waals surface area (Å²) >= 11 is 0. The van der Waals surface area contributed by atoms with Crippen LogP contribution in [0.5, 0.6) is 0 Å². The first-order valence-electron chi connectivity index (χ1n) is 8.98. The fourth-order valence-corrected chi connectivity index (χ4v) is 3.86. The number of rotatable bonds is 5. The van der Waals surface area contributed by atoms with Gasteiger partial charge in [-0.15, -0.1) is 0 Å². The van der Waals surface area contributed by atoms with Crippen LogP contribution < -0.4 is 5.32 Å². The fraction of sp³-hybridized carbons (Fsp3) is 0.579. The minimum absolute atomic E-state index is 0.00969. The second-order valence-corrected chi connectivity index (χ2v) is 7.37. The summed E-state index contributed by atoms with van der Waals surface area (Å²) in [4.78, 5) is 22.4. The summed E-state index contributed by atoms with van der Waals surface area (Å²) in [5.41, 5.74) is 2.50. The quantitative estimate of drug-likeness (QED) is 0.830. The summed E-state index contributed by atoms with van der Waals surface area (Å²) in [6, 6.07) is 5.61. The van der Waals surface area contributed by atoms with Gasteiger partial charge in [0.1, 0.15) is 5.82 Å². The topological polar surface area (TPSA) is 61.0 Å². The molecule has 1 aliphatic rings. The largest absolute Gasteiger partial charge is 0.352 e. The number of H-pyrrole nitrogens is 1. The average Bonchev–Trinajstić information content (AvgIpc) is 2.89. The molecular formula is C19H28N4O. The average molecular weight is 328 g/mol. The number of likely N-dealkylation sites (tertiary alicyclic amines) is 1. The molecule has 2 heterocycles. The van der Waals surface area contributed by atoms with E-state index in [1.54, 1.807) is 0 Å². The summed E-state index contributed by atoms with van der Waals surface area (Å²) < 4.78 is 0. The number of hydrogen-bond acceptors (Lipinski definition) is 3. The van der Waals surface area contributed by atoms with Crippen LogP contribution in [-0.4, -0.2) is 47.0 Å². The summed E-state index contributed by atoms with van der Waals surface area (Å²) in [5, 5.41) is 3.03. The van der Waals surface area contributed by atoms with E-state index >= 15 is 0 Å². The van der Waals surface area contributed by atoms with Gasteiger partial charge in [0.05, 0.1) is 11.0 Å². The molecule has 2 aromatic rings. The summed E-state index contributed by atoms with van der Waals surface area (Å²) in [6.45, 7) is 10.7. The molecule has 2 atom stereocenters. The van der Waals surface area contributed by atoms with E-state index in [0.29, 0.717) is 5.56 Å². The molecule has 0 saturated carbocycles. The molecule has 0 unspecified atom stereocenters. The Morgan fingerprint density at radius 1 is 1.33 bits per heavy atom. The molecule has 1 aromatic heterocycles. The smallest absolute Gasteiger partial charge is 0.251 e. The highest BCUT2D eigenvalue weighted by molar-refractivity contribution is 5.97. The molecule has 1 saturated heterocycles. The number of hydrogen-bond donors (Lipinski definition) is 2. The van der Waals surface area contributed by atoms with E-state index < -0.39 is 0 Å². The first kappa shape index (κ1) is 17.0. The lowest BCUT2D eigenvalue weighted by Crippen LogP contribution is -2.40. The maximum atomic E-state index is 12.3. The highest BCUT2D eigenvalue weighted by atomic mass is 16.1. The lowest BCUT2D eigenvalue weighted by molar-refractivity contribution is 0.0947. The molecule has 2 N–H and O–H groups in total. The third kappa shape index (κ3) is 4.15. The number of benzene rings is 1. The van der Waals surface area contributed by atoms with Crippen molar-refractivity contribution < 1.29 is 4.79 Å².